The number of hydrogen-bond acceptors (Lipinski definition) is 8. The van der Waals surface area contributed by atoms with Gasteiger partial charge in [0.1, 0.15) is 13.2 Å². The Hall–Kier alpha value is -1.24. The predicted octanol–water partition coefficient (Wildman–Crippen LogP) is 7.21. The molecule has 0 saturated heterocycles. The molecule has 0 aliphatic rings. The van der Waals surface area contributed by atoms with E-state index in [0.29, 0.717) is 12.8 Å². The summed E-state index contributed by atoms with van der Waals surface area (Å²) in [5.74, 6) is -2.30. The fourth-order valence-electron chi connectivity index (χ4n) is 4.88. The van der Waals surface area contributed by atoms with E-state index in [0.717, 1.165) is 51.4 Å². The predicted molar refractivity (Wildman–Crippen MR) is 166 cm³/mol. The zero-order chi connectivity index (χ0) is 31.7. The van der Waals surface area contributed by atoms with Crippen molar-refractivity contribution < 1.29 is 45.0 Å². The van der Waals surface area contributed by atoms with Crippen LogP contribution in [0.5, 0.6) is 0 Å². The van der Waals surface area contributed by atoms with Crippen LogP contribution in [0.4, 0.5) is 0 Å². The van der Waals surface area contributed by atoms with Crippen molar-refractivity contribution in [2.24, 2.45) is 0 Å². The second kappa shape index (κ2) is 25.1. The minimum atomic E-state index is -4.68. The highest BCUT2D eigenvalue weighted by Crippen LogP contribution is 2.17. The van der Waals surface area contributed by atoms with Crippen molar-refractivity contribution in [2.45, 2.75) is 166 Å². The van der Waals surface area contributed by atoms with Crippen LogP contribution < -0.4 is 0 Å². The van der Waals surface area contributed by atoms with E-state index in [1.165, 1.54) is 64.2 Å². The van der Waals surface area contributed by atoms with Gasteiger partial charge in [-0.1, -0.05) is 142 Å². The van der Waals surface area contributed by atoms with E-state index >= 15 is 0 Å². The highest BCUT2D eigenvalue weighted by atomic mass is 32.2. The number of unbranched alkanes of at least 4 members (excludes halogenated alkanes) is 18. The van der Waals surface area contributed by atoms with Gasteiger partial charge in [-0.15, -0.1) is 0 Å². The molecule has 0 spiro atoms. The van der Waals surface area contributed by atoms with Gasteiger partial charge in [0.05, 0.1) is 0 Å². The van der Waals surface area contributed by atoms with Gasteiger partial charge >= 0.3 is 11.9 Å². The summed E-state index contributed by atoms with van der Waals surface area (Å²) in [6.45, 7) is 3.33. The molecule has 250 valence electrons. The quantitative estimate of drug-likeness (QED) is 0.0484. The molecule has 0 aliphatic carbocycles. The van der Waals surface area contributed by atoms with Gasteiger partial charge in [0.15, 0.2) is 10.5 Å². The standard InChI is InChI=1S/C30H58O10S2/c1-3-5-7-9-11-13-15-17-19-21-23-27(41(33,34)35)29(31)39-25-26-40-30(32)28(42(36,37)38)24-22-20-18-16-14-12-10-8-6-4-2/h27-28H,3-26H2,1-2H3,(H,33,34,35)(H,36,37,38). The monoisotopic (exact) mass is 642 g/mol. The largest absolute Gasteiger partial charge is 0.461 e. The van der Waals surface area contributed by atoms with E-state index < -0.39 is 55.9 Å². The zero-order valence-electron chi connectivity index (χ0n) is 26.1. The van der Waals surface area contributed by atoms with Crippen LogP contribution in [0, 0.1) is 0 Å². The summed E-state index contributed by atoms with van der Waals surface area (Å²) in [6, 6.07) is 0. The topological polar surface area (TPSA) is 161 Å². The number of carbonyl (C=O) groups excluding carboxylic acids is 2. The molecule has 12 heteroatoms. The molecule has 0 radical (unpaired) electrons. The lowest BCUT2D eigenvalue weighted by Gasteiger charge is -2.15. The van der Waals surface area contributed by atoms with Gasteiger partial charge in [-0.25, -0.2) is 0 Å². The Morgan fingerprint density at radius 3 is 0.952 bits per heavy atom. The van der Waals surface area contributed by atoms with Crippen molar-refractivity contribution in [3.8, 4) is 0 Å². The summed E-state index contributed by atoms with van der Waals surface area (Å²) < 4.78 is 75.6. The first kappa shape index (κ1) is 40.8. The highest BCUT2D eigenvalue weighted by Gasteiger charge is 2.33. The number of ether oxygens (including phenoxy) is 2. The maximum Gasteiger partial charge on any atom is 0.326 e. The minimum absolute atomic E-state index is 0.0857. The summed E-state index contributed by atoms with van der Waals surface area (Å²) in [5, 5.41) is -3.46. The molecule has 10 nitrogen and oxygen atoms in total. The lowest BCUT2D eigenvalue weighted by atomic mass is 10.1. The van der Waals surface area contributed by atoms with Crippen LogP contribution in [0.2, 0.25) is 0 Å². The fraction of sp³-hybridized carbons (Fsp3) is 0.933. The Bertz CT molecular complexity index is 829. The third-order valence-corrected chi connectivity index (χ3v) is 9.75. The van der Waals surface area contributed by atoms with Crippen LogP contribution in [-0.4, -0.2) is 61.6 Å². The molecule has 0 rings (SSSR count). The van der Waals surface area contributed by atoms with Crippen LogP contribution in [-0.2, 0) is 39.3 Å². The number of rotatable bonds is 29. The van der Waals surface area contributed by atoms with Gasteiger partial charge in [0.2, 0.25) is 0 Å². The molecule has 0 bridgehead atoms. The Morgan fingerprint density at radius 1 is 0.476 bits per heavy atom. The molecule has 2 atom stereocenters. The molecular formula is C30H58O10S2. The Morgan fingerprint density at radius 2 is 0.714 bits per heavy atom. The Balaban J connectivity index is 4.33. The summed E-state index contributed by atoms with van der Waals surface area (Å²) in [5.41, 5.74) is 0. The van der Waals surface area contributed by atoms with Crippen molar-refractivity contribution in [3.63, 3.8) is 0 Å². The molecule has 2 N–H and O–H groups in total. The lowest BCUT2D eigenvalue weighted by Crippen LogP contribution is -2.34. The average Bonchev–Trinajstić information content (AvgIpc) is 2.91. The van der Waals surface area contributed by atoms with E-state index in [-0.39, 0.29) is 12.8 Å². The maximum atomic E-state index is 12.3. The van der Waals surface area contributed by atoms with Crippen molar-refractivity contribution in [2.75, 3.05) is 13.2 Å². The fourth-order valence-corrected chi connectivity index (χ4v) is 6.43. The van der Waals surface area contributed by atoms with Crippen molar-refractivity contribution in [1.82, 2.24) is 0 Å². The number of esters is 2. The molecule has 0 aromatic carbocycles. The first-order valence-corrected chi connectivity index (χ1v) is 19.2. The Kier molecular flexibility index (Phi) is 24.4. The van der Waals surface area contributed by atoms with Gasteiger partial charge in [0.25, 0.3) is 20.2 Å². The number of carbonyl (C=O) groups is 2. The smallest absolute Gasteiger partial charge is 0.326 e. The number of hydrogen-bond donors (Lipinski definition) is 2. The molecule has 42 heavy (non-hydrogen) atoms. The first-order valence-electron chi connectivity index (χ1n) is 16.2. The third-order valence-electron chi connectivity index (χ3n) is 7.46. The lowest BCUT2D eigenvalue weighted by molar-refractivity contribution is -0.152. The summed E-state index contributed by atoms with van der Waals surface area (Å²) in [7, 11) is -9.36. The van der Waals surface area contributed by atoms with Crippen molar-refractivity contribution in [3.05, 3.63) is 0 Å². The molecule has 0 saturated carbocycles. The van der Waals surface area contributed by atoms with Crippen LogP contribution in [0.3, 0.4) is 0 Å². The van der Waals surface area contributed by atoms with Gasteiger partial charge in [0, 0.05) is 0 Å². The highest BCUT2D eigenvalue weighted by molar-refractivity contribution is 7.87. The SMILES string of the molecule is CCCCCCCCCCCCC(C(=O)OCCOC(=O)C(CCCCCCCCCCCC)S(=O)(=O)O)S(=O)(=O)O. The first-order chi connectivity index (χ1) is 19.9. The van der Waals surface area contributed by atoms with E-state index in [2.05, 4.69) is 13.8 Å². The van der Waals surface area contributed by atoms with E-state index in [1.54, 1.807) is 0 Å². The minimum Gasteiger partial charge on any atom is -0.461 e. The third kappa shape index (κ3) is 22.3. The van der Waals surface area contributed by atoms with Crippen LogP contribution in [0.1, 0.15) is 155 Å². The van der Waals surface area contributed by atoms with Gasteiger partial charge < -0.3 is 9.47 Å². The molecule has 0 fully saturated rings. The van der Waals surface area contributed by atoms with E-state index in [4.69, 9.17) is 9.47 Å². The Labute approximate surface area is 255 Å². The average molecular weight is 643 g/mol. The van der Waals surface area contributed by atoms with Crippen molar-refractivity contribution >= 4 is 32.2 Å². The van der Waals surface area contributed by atoms with Crippen LogP contribution in [0.15, 0.2) is 0 Å². The molecule has 0 amide bonds. The van der Waals surface area contributed by atoms with Gasteiger partial charge in [-0.05, 0) is 12.8 Å². The normalized spacial score (nSPS) is 13.5. The summed E-state index contributed by atoms with van der Waals surface area (Å²) in [4.78, 5) is 24.6. The van der Waals surface area contributed by atoms with Crippen LogP contribution >= 0.6 is 0 Å². The van der Waals surface area contributed by atoms with Crippen LogP contribution in [0.25, 0.3) is 0 Å². The van der Waals surface area contributed by atoms with Crippen molar-refractivity contribution in [1.29, 1.82) is 0 Å². The van der Waals surface area contributed by atoms with Gasteiger partial charge in [-0.2, -0.15) is 16.8 Å². The molecular weight excluding hydrogens is 584 g/mol. The zero-order valence-corrected chi connectivity index (χ0v) is 27.7. The summed E-state index contributed by atoms with van der Waals surface area (Å²) >= 11 is 0. The second-order valence-corrected chi connectivity index (χ2v) is 14.5. The van der Waals surface area contributed by atoms with Gasteiger partial charge in [-0.3, -0.25) is 18.7 Å². The van der Waals surface area contributed by atoms with E-state index in [1.807, 2.05) is 0 Å². The molecule has 0 heterocycles. The molecule has 2 unspecified atom stereocenters. The molecule has 0 aromatic rings. The van der Waals surface area contributed by atoms with E-state index in [9.17, 15) is 35.5 Å². The molecule has 0 aromatic heterocycles. The summed E-state index contributed by atoms with van der Waals surface area (Å²) in [6.07, 6.45) is 20.4. The second-order valence-electron chi connectivity index (χ2n) is 11.3. The maximum absolute atomic E-state index is 12.3. The molecule has 0 aliphatic heterocycles.